The molecule has 1 aromatic rings. The van der Waals surface area contributed by atoms with Crippen LogP contribution < -0.4 is 4.43 Å². The van der Waals surface area contributed by atoms with Crippen LogP contribution in [0.4, 0.5) is 0 Å². The molecule has 4 rings (SSSR count). The monoisotopic (exact) mass is 312 g/mol. The van der Waals surface area contributed by atoms with E-state index in [1.54, 1.807) is 0 Å². The molecule has 1 nitrogen and oxygen atoms in total. The van der Waals surface area contributed by atoms with E-state index < -0.39 is 8.32 Å². The molecule has 0 amide bonds. The number of rotatable bonds is 4. The Morgan fingerprint density at radius 2 is 1.91 bits per heavy atom. The molecule has 0 radical (unpaired) electrons. The van der Waals surface area contributed by atoms with Gasteiger partial charge in [-0.15, -0.1) is 6.42 Å². The van der Waals surface area contributed by atoms with Gasteiger partial charge in [-0.1, -0.05) is 26.2 Å². The summed E-state index contributed by atoms with van der Waals surface area (Å²) in [5.74, 6) is 6.41. The van der Waals surface area contributed by atoms with E-state index in [9.17, 15) is 0 Å². The number of benzene rings is 1. The molecule has 0 N–H and O–H groups in total. The van der Waals surface area contributed by atoms with E-state index in [0.717, 1.165) is 29.1 Å². The summed E-state index contributed by atoms with van der Waals surface area (Å²) in [5.41, 5.74) is 1.49. The Bertz CT molecular complexity index is 577. The summed E-state index contributed by atoms with van der Waals surface area (Å²) in [6, 6.07) is 9.27. The van der Waals surface area contributed by atoms with Gasteiger partial charge >= 0.3 is 0 Å². The smallest absolute Gasteiger partial charge is 0.245 e. The minimum atomic E-state index is -1.69. The second-order valence-corrected chi connectivity index (χ2v) is 12.6. The Kier molecular flexibility index (Phi) is 3.89. The van der Waals surface area contributed by atoms with Crippen LogP contribution >= 0.6 is 0 Å². The second kappa shape index (κ2) is 5.46. The first-order valence-corrected chi connectivity index (χ1v) is 11.7. The predicted molar refractivity (Wildman–Crippen MR) is 95.4 cm³/mol. The van der Waals surface area contributed by atoms with E-state index in [2.05, 4.69) is 32.9 Å². The van der Waals surface area contributed by atoms with Crippen LogP contribution in [0.25, 0.3) is 0 Å². The van der Waals surface area contributed by atoms with Gasteiger partial charge in [-0.2, -0.15) is 0 Å². The lowest BCUT2D eigenvalue weighted by molar-refractivity contribution is -0.0995. The van der Waals surface area contributed by atoms with Gasteiger partial charge in [0.05, 0.1) is 0 Å². The molecule has 2 bridgehead atoms. The van der Waals surface area contributed by atoms with Crippen LogP contribution in [-0.4, -0.2) is 8.32 Å². The van der Waals surface area contributed by atoms with Gasteiger partial charge in [-0.25, -0.2) is 0 Å². The van der Waals surface area contributed by atoms with E-state index in [4.69, 9.17) is 10.8 Å². The fraction of sp³-hybridized carbons (Fsp3) is 0.600. The van der Waals surface area contributed by atoms with Crippen LogP contribution in [0.15, 0.2) is 24.3 Å². The molecule has 0 saturated heterocycles. The lowest BCUT2D eigenvalue weighted by atomic mass is 9.46. The summed E-state index contributed by atoms with van der Waals surface area (Å²) in [7, 11) is -1.69. The van der Waals surface area contributed by atoms with Crippen molar-refractivity contribution in [2.24, 2.45) is 23.2 Å². The molecule has 0 aliphatic heterocycles. The molecule has 2 heteroatoms. The zero-order valence-corrected chi connectivity index (χ0v) is 15.4. The van der Waals surface area contributed by atoms with Crippen LogP contribution in [-0.2, 0) is 0 Å². The molecule has 3 saturated carbocycles. The molecule has 118 valence electrons. The number of hydrogen-bond acceptors (Lipinski definition) is 1. The Morgan fingerprint density at radius 1 is 1.23 bits per heavy atom. The number of hydrogen-bond donors (Lipinski definition) is 0. The highest BCUT2D eigenvalue weighted by atomic mass is 28.4. The van der Waals surface area contributed by atoms with Crippen LogP contribution in [0.3, 0.4) is 0 Å². The van der Waals surface area contributed by atoms with Crippen molar-refractivity contribution in [3.8, 4) is 18.1 Å². The van der Waals surface area contributed by atoms with E-state index in [-0.39, 0.29) is 0 Å². The largest absolute Gasteiger partial charge is 0.544 e. The van der Waals surface area contributed by atoms with Crippen LogP contribution in [0.1, 0.15) is 38.7 Å². The van der Waals surface area contributed by atoms with E-state index in [1.165, 1.54) is 25.3 Å². The molecule has 3 aliphatic carbocycles. The first kappa shape index (κ1) is 15.7. The van der Waals surface area contributed by atoms with Crippen molar-refractivity contribution in [1.82, 2.24) is 0 Å². The molecule has 3 unspecified atom stereocenters. The molecule has 3 atom stereocenters. The van der Waals surface area contributed by atoms with Crippen LogP contribution in [0.2, 0.25) is 19.1 Å². The van der Waals surface area contributed by atoms with Crippen molar-refractivity contribution in [1.29, 1.82) is 0 Å². The highest BCUT2D eigenvalue weighted by Gasteiger charge is 2.55. The number of fused-ring (bicyclic) bond motifs is 2. The third kappa shape index (κ3) is 2.84. The highest BCUT2D eigenvalue weighted by molar-refractivity contribution is 6.71. The zero-order valence-electron chi connectivity index (χ0n) is 14.4. The van der Waals surface area contributed by atoms with Gasteiger partial charge < -0.3 is 4.43 Å². The Hall–Kier alpha value is -1.20. The van der Waals surface area contributed by atoms with Crippen molar-refractivity contribution < 1.29 is 4.43 Å². The fourth-order valence-electron chi connectivity index (χ4n) is 4.82. The van der Waals surface area contributed by atoms with Gasteiger partial charge in [0.25, 0.3) is 0 Å². The summed E-state index contributed by atoms with van der Waals surface area (Å²) in [5, 5.41) is 0. The Balaban J connectivity index is 1.64. The third-order valence-electron chi connectivity index (χ3n) is 6.17. The van der Waals surface area contributed by atoms with Crippen molar-refractivity contribution in [3.05, 3.63) is 29.8 Å². The van der Waals surface area contributed by atoms with Gasteiger partial charge in [0.15, 0.2) is 0 Å². The third-order valence-corrected chi connectivity index (χ3v) is 8.47. The molecular weight excluding hydrogens is 284 g/mol. The average Bonchev–Trinajstić information content (AvgIpc) is 2.47. The summed E-state index contributed by atoms with van der Waals surface area (Å²) in [4.78, 5) is 0. The van der Waals surface area contributed by atoms with E-state index in [0.29, 0.717) is 5.41 Å². The topological polar surface area (TPSA) is 9.23 Å². The molecule has 22 heavy (non-hydrogen) atoms. The maximum absolute atomic E-state index is 6.41. The Morgan fingerprint density at radius 3 is 2.45 bits per heavy atom. The molecular formula is C20H28OSi. The lowest BCUT2D eigenvalue weighted by Crippen LogP contribution is -2.54. The predicted octanol–water partition coefficient (Wildman–Crippen LogP) is 5.32. The first-order valence-electron chi connectivity index (χ1n) is 8.57. The van der Waals surface area contributed by atoms with Crippen molar-refractivity contribution in [2.75, 3.05) is 0 Å². The molecule has 3 aliphatic rings. The van der Waals surface area contributed by atoms with Crippen LogP contribution in [0.5, 0.6) is 5.75 Å². The SMILES string of the molecule is C#Cc1ccc(O[Si](C)(C)CC2CCC3CC2C3(C)C)cc1. The van der Waals surface area contributed by atoms with Crippen LogP contribution in [0, 0.1) is 35.5 Å². The summed E-state index contributed by atoms with van der Waals surface area (Å²) in [6.07, 6.45) is 9.71. The van der Waals surface area contributed by atoms with E-state index in [1.807, 2.05) is 24.3 Å². The van der Waals surface area contributed by atoms with Crippen molar-refractivity contribution in [3.63, 3.8) is 0 Å². The quantitative estimate of drug-likeness (QED) is 0.540. The van der Waals surface area contributed by atoms with Gasteiger partial charge in [0.2, 0.25) is 8.32 Å². The first-order chi connectivity index (χ1) is 10.3. The van der Waals surface area contributed by atoms with Crippen molar-refractivity contribution >= 4 is 8.32 Å². The lowest BCUT2D eigenvalue weighted by Gasteiger charge is -2.60. The summed E-state index contributed by atoms with van der Waals surface area (Å²) < 4.78 is 6.41. The van der Waals surface area contributed by atoms with Gasteiger partial charge in [-0.3, -0.25) is 0 Å². The standard InChI is InChI=1S/C20H28OSi/c1-6-15-7-11-18(12-8-15)21-22(4,5)14-16-9-10-17-13-19(16)20(17,2)3/h1,7-8,11-12,16-17,19H,9-10,13-14H2,2-5H3. The molecule has 0 spiro atoms. The molecule has 0 aromatic heterocycles. The zero-order chi connectivity index (χ0) is 16.0. The highest BCUT2D eigenvalue weighted by Crippen LogP contribution is 2.62. The maximum Gasteiger partial charge on any atom is 0.245 e. The van der Waals surface area contributed by atoms with Crippen molar-refractivity contribution in [2.45, 2.75) is 52.2 Å². The van der Waals surface area contributed by atoms with Gasteiger partial charge in [-0.05, 0) is 79.4 Å². The minimum absolute atomic E-state index is 0.571. The average molecular weight is 313 g/mol. The minimum Gasteiger partial charge on any atom is -0.544 e. The summed E-state index contributed by atoms with van der Waals surface area (Å²) in [6.45, 7) is 9.68. The van der Waals surface area contributed by atoms with Gasteiger partial charge in [0, 0.05) is 5.56 Å². The number of terminal acetylenes is 1. The maximum atomic E-state index is 6.41. The molecule has 3 fully saturated rings. The molecule has 1 aromatic carbocycles. The summed E-state index contributed by atoms with van der Waals surface area (Å²) >= 11 is 0. The van der Waals surface area contributed by atoms with Gasteiger partial charge in [0.1, 0.15) is 5.75 Å². The molecule has 0 heterocycles. The second-order valence-electron chi connectivity index (χ2n) is 8.43. The van der Waals surface area contributed by atoms with E-state index >= 15 is 0 Å². The fourth-order valence-corrected chi connectivity index (χ4v) is 7.43. The Labute approximate surface area is 136 Å². The normalized spacial score (nSPS) is 29.3.